The minimum Gasteiger partial charge on any atom is -0.478 e. The third kappa shape index (κ3) is 2.59. The van der Waals surface area contributed by atoms with Crippen molar-refractivity contribution in [2.24, 2.45) is 5.73 Å². The van der Waals surface area contributed by atoms with Gasteiger partial charge in [0.05, 0.1) is 11.3 Å². The number of anilines is 2. The molecule has 1 fully saturated rings. The molecule has 1 aliphatic heterocycles. The summed E-state index contributed by atoms with van der Waals surface area (Å²) in [6, 6.07) is 0.913. The third-order valence-corrected chi connectivity index (χ3v) is 3.25. The predicted octanol–water partition coefficient (Wildman–Crippen LogP) is 0.206. The van der Waals surface area contributed by atoms with Crippen molar-refractivity contribution in [2.45, 2.75) is 25.3 Å². The van der Waals surface area contributed by atoms with Crippen LogP contribution in [0, 0.1) is 0 Å². The summed E-state index contributed by atoms with van der Waals surface area (Å²) in [6.07, 6.45) is 3.75. The molecule has 1 atom stereocenters. The first-order valence-corrected chi connectivity index (χ1v) is 6.05. The van der Waals surface area contributed by atoms with Gasteiger partial charge in [0.1, 0.15) is 6.04 Å². The fourth-order valence-corrected chi connectivity index (χ4v) is 2.31. The highest BCUT2D eigenvalue weighted by Crippen LogP contribution is 2.28. The Morgan fingerprint density at radius 2 is 2.16 bits per heavy atom. The second-order valence-corrected chi connectivity index (χ2v) is 4.55. The van der Waals surface area contributed by atoms with Crippen molar-refractivity contribution in [3.8, 4) is 0 Å². The zero-order valence-corrected chi connectivity index (χ0v) is 10.4. The van der Waals surface area contributed by atoms with Crippen LogP contribution in [0.5, 0.6) is 0 Å². The Morgan fingerprint density at radius 1 is 1.42 bits per heavy atom. The lowest BCUT2D eigenvalue weighted by Gasteiger charge is -2.35. The van der Waals surface area contributed by atoms with Gasteiger partial charge in [0.15, 0.2) is 5.82 Å². The first-order chi connectivity index (χ1) is 9.00. The number of carbonyl (C=O) groups is 2. The number of rotatable bonds is 3. The quantitative estimate of drug-likeness (QED) is 0.717. The van der Waals surface area contributed by atoms with Crippen molar-refractivity contribution in [1.82, 2.24) is 4.98 Å². The Labute approximate surface area is 110 Å². The van der Waals surface area contributed by atoms with E-state index in [1.807, 2.05) is 0 Å². The molecule has 0 radical (unpaired) electrons. The Bertz CT molecular complexity index is 518. The van der Waals surface area contributed by atoms with Crippen LogP contribution in [-0.2, 0) is 4.79 Å². The lowest BCUT2D eigenvalue weighted by molar-refractivity contribution is -0.119. The highest BCUT2D eigenvalue weighted by atomic mass is 16.4. The summed E-state index contributed by atoms with van der Waals surface area (Å²) in [7, 11) is 0. The maximum Gasteiger partial charge on any atom is 0.337 e. The Morgan fingerprint density at radius 3 is 2.74 bits per heavy atom. The molecule has 1 aliphatic rings. The number of aromatic carboxylic acids is 1. The van der Waals surface area contributed by atoms with Gasteiger partial charge in [-0.05, 0) is 25.3 Å². The third-order valence-electron chi connectivity index (χ3n) is 3.25. The predicted molar refractivity (Wildman–Crippen MR) is 69.8 cm³/mol. The van der Waals surface area contributed by atoms with Gasteiger partial charge in [-0.2, -0.15) is 0 Å². The lowest BCUT2D eigenvalue weighted by Crippen LogP contribution is -2.48. The fraction of sp³-hybridized carbons (Fsp3) is 0.417. The minimum absolute atomic E-state index is 0.0221. The number of carbonyl (C=O) groups excluding carboxylic acids is 1. The van der Waals surface area contributed by atoms with E-state index in [-0.39, 0.29) is 11.3 Å². The second-order valence-electron chi connectivity index (χ2n) is 4.55. The summed E-state index contributed by atoms with van der Waals surface area (Å²) in [5, 5.41) is 8.87. The molecular weight excluding hydrogens is 248 g/mol. The number of piperidine rings is 1. The van der Waals surface area contributed by atoms with Crippen molar-refractivity contribution < 1.29 is 14.7 Å². The van der Waals surface area contributed by atoms with Crippen LogP contribution in [-0.4, -0.2) is 34.6 Å². The number of amides is 1. The number of hydrogen-bond donors (Lipinski definition) is 3. The van der Waals surface area contributed by atoms with Crippen LogP contribution in [0.3, 0.4) is 0 Å². The zero-order chi connectivity index (χ0) is 14.0. The van der Waals surface area contributed by atoms with Gasteiger partial charge < -0.3 is 21.5 Å². The Balaban J connectivity index is 2.34. The maximum absolute atomic E-state index is 11.4. The van der Waals surface area contributed by atoms with Crippen LogP contribution in [0.2, 0.25) is 0 Å². The van der Waals surface area contributed by atoms with Gasteiger partial charge >= 0.3 is 5.97 Å². The fourth-order valence-electron chi connectivity index (χ4n) is 2.31. The topological polar surface area (TPSA) is 123 Å². The molecule has 19 heavy (non-hydrogen) atoms. The number of carboxylic acids is 1. The van der Waals surface area contributed by atoms with E-state index in [1.54, 1.807) is 4.90 Å². The van der Waals surface area contributed by atoms with Crippen molar-refractivity contribution >= 4 is 23.4 Å². The highest BCUT2D eigenvalue weighted by Gasteiger charge is 2.29. The monoisotopic (exact) mass is 264 g/mol. The van der Waals surface area contributed by atoms with Crippen molar-refractivity contribution in [3.63, 3.8) is 0 Å². The second kappa shape index (κ2) is 5.13. The van der Waals surface area contributed by atoms with E-state index in [4.69, 9.17) is 16.6 Å². The molecule has 0 saturated carbocycles. The van der Waals surface area contributed by atoms with Gasteiger partial charge in [-0.1, -0.05) is 0 Å². The van der Waals surface area contributed by atoms with E-state index >= 15 is 0 Å². The smallest absolute Gasteiger partial charge is 0.337 e. The van der Waals surface area contributed by atoms with Crippen molar-refractivity contribution in [2.75, 3.05) is 17.2 Å². The van der Waals surface area contributed by atoms with Crippen LogP contribution in [0.25, 0.3) is 0 Å². The van der Waals surface area contributed by atoms with Crippen LogP contribution in [0.4, 0.5) is 11.5 Å². The first-order valence-electron chi connectivity index (χ1n) is 6.05. The highest BCUT2D eigenvalue weighted by molar-refractivity contribution is 5.90. The molecule has 1 unspecified atom stereocenters. The number of hydrogen-bond acceptors (Lipinski definition) is 5. The molecule has 1 amide bonds. The van der Waals surface area contributed by atoms with Crippen molar-refractivity contribution in [1.29, 1.82) is 0 Å². The largest absolute Gasteiger partial charge is 0.478 e. The zero-order valence-electron chi connectivity index (χ0n) is 10.4. The molecule has 102 valence electrons. The van der Waals surface area contributed by atoms with Gasteiger partial charge in [0.25, 0.3) is 0 Å². The summed E-state index contributed by atoms with van der Waals surface area (Å²) in [5.74, 6) is -1.08. The average Bonchev–Trinajstić information content (AvgIpc) is 2.38. The van der Waals surface area contributed by atoms with Gasteiger partial charge in [0.2, 0.25) is 5.91 Å². The van der Waals surface area contributed by atoms with E-state index in [9.17, 15) is 9.59 Å². The molecule has 1 aromatic heterocycles. The molecule has 0 aliphatic carbocycles. The summed E-state index contributed by atoms with van der Waals surface area (Å²) >= 11 is 0. The summed E-state index contributed by atoms with van der Waals surface area (Å²) in [4.78, 5) is 28.1. The van der Waals surface area contributed by atoms with E-state index in [0.29, 0.717) is 18.8 Å². The Kier molecular flexibility index (Phi) is 3.55. The summed E-state index contributed by atoms with van der Waals surface area (Å²) in [5.41, 5.74) is 11.5. The van der Waals surface area contributed by atoms with E-state index in [0.717, 1.165) is 12.8 Å². The maximum atomic E-state index is 11.4. The molecule has 0 bridgehead atoms. The normalized spacial score (nSPS) is 19.2. The standard InChI is InChI=1S/C12H16N4O3/c13-8-5-7(12(18)19)6-15-11(8)16-4-2-1-3-9(16)10(14)17/h5-6,9H,1-4,13H2,(H2,14,17)(H,18,19). The first kappa shape index (κ1) is 13.1. The van der Waals surface area contributed by atoms with E-state index in [2.05, 4.69) is 4.98 Å². The molecule has 7 heteroatoms. The molecule has 0 aromatic carbocycles. The summed E-state index contributed by atoms with van der Waals surface area (Å²) < 4.78 is 0. The molecule has 0 spiro atoms. The van der Waals surface area contributed by atoms with Crippen LogP contribution >= 0.6 is 0 Å². The SMILES string of the molecule is NC(=O)C1CCCCN1c1ncc(C(=O)O)cc1N. The number of nitrogen functional groups attached to an aromatic ring is 1. The summed E-state index contributed by atoms with van der Waals surface area (Å²) in [6.45, 7) is 0.636. The van der Waals surface area contributed by atoms with Crippen molar-refractivity contribution in [3.05, 3.63) is 17.8 Å². The number of pyridine rings is 1. The number of nitrogens with zero attached hydrogens (tertiary/aromatic N) is 2. The van der Waals surface area contributed by atoms with Crippen LogP contribution in [0.1, 0.15) is 29.6 Å². The lowest BCUT2D eigenvalue weighted by atomic mass is 10.0. The number of aromatic nitrogens is 1. The van der Waals surface area contributed by atoms with Gasteiger partial charge in [-0.15, -0.1) is 0 Å². The van der Waals surface area contributed by atoms with E-state index < -0.39 is 17.9 Å². The number of carboxylic acid groups (broad SMARTS) is 1. The molecule has 1 aromatic rings. The molecule has 7 nitrogen and oxygen atoms in total. The average molecular weight is 264 g/mol. The molecule has 2 rings (SSSR count). The molecular formula is C12H16N4O3. The minimum atomic E-state index is -1.09. The van der Waals surface area contributed by atoms with Gasteiger partial charge in [-0.25, -0.2) is 9.78 Å². The number of primary amides is 1. The molecule has 1 saturated heterocycles. The van der Waals surface area contributed by atoms with E-state index in [1.165, 1.54) is 12.3 Å². The van der Waals surface area contributed by atoms with Crippen LogP contribution in [0.15, 0.2) is 12.3 Å². The Hall–Kier alpha value is -2.31. The molecule has 2 heterocycles. The van der Waals surface area contributed by atoms with Gasteiger partial charge in [-0.3, -0.25) is 4.79 Å². The van der Waals surface area contributed by atoms with Crippen LogP contribution < -0.4 is 16.4 Å². The molecule has 5 N–H and O–H groups in total. The number of nitrogens with two attached hydrogens (primary N) is 2. The van der Waals surface area contributed by atoms with Gasteiger partial charge in [0, 0.05) is 12.7 Å².